The van der Waals surface area contributed by atoms with E-state index in [4.69, 9.17) is 0 Å². The van der Waals surface area contributed by atoms with Gasteiger partial charge in [-0.1, -0.05) is 0 Å². The van der Waals surface area contributed by atoms with E-state index >= 15 is 0 Å². The lowest BCUT2D eigenvalue weighted by Gasteiger charge is -2.11. The zero-order chi connectivity index (χ0) is 11.7. The third-order valence-electron chi connectivity index (χ3n) is 2.29. The van der Waals surface area contributed by atoms with E-state index in [2.05, 4.69) is 15.0 Å². The fraction of sp³-hybridized carbons (Fsp3) is 0.400. The Balaban J connectivity index is 2.78. The van der Waals surface area contributed by atoms with E-state index in [1.807, 2.05) is 21.0 Å². The van der Waals surface area contributed by atoms with Crippen LogP contribution >= 0.6 is 0 Å². The molecular formula is C10H13N5O. The Bertz CT molecular complexity index is 575. The van der Waals surface area contributed by atoms with Gasteiger partial charge in [-0.25, -0.2) is 9.97 Å². The molecule has 0 saturated carbocycles. The zero-order valence-electron chi connectivity index (χ0n) is 9.51. The molecule has 2 aromatic rings. The van der Waals surface area contributed by atoms with E-state index in [1.165, 1.54) is 6.20 Å². The number of hydrogen-bond donors (Lipinski definition) is 0. The molecule has 2 heterocycles. The molecule has 0 bridgehead atoms. The molecule has 0 fully saturated rings. The molecule has 0 saturated heterocycles. The van der Waals surface area contributed by atoms with E-state index in [1.54, 1.807) is 15.7 Å². The smallest absolute Gasteiger partial charge is 0.270 e. The lowest BCUT2D eigenvalue weighted by molar-refractivity contribution is 0.740. The fourth-order valence-electron chi connectivity index (χ4n) is 1.47. The van der Waals surface area contributed by atoms with Crippen LogP contribution < -0.4 is 10.5 Å². The zero-order valence-corrected chi connectivity index (χ0v) is 9.51. The molecule has 6 heteroatoms. The van der Waals surface area contributed by atoms with Crippen LogP contribution in [0, 0.1) is 0 Å². The molecule has 0 unspecified atom stereocenters. The van der Waals surface area contributed by atoms with E-state index in [0.717, 1.165) is 0 Å². The van der Waals surface area contributed by atoms with Crippen molar-refractivity contribution < 1.29 is 0 Å². The first-order valence-corrected chi connectivity index (χ1v) is 5.03. The summed E-state index contributed by atoms with van der Waals surface area (Å²) in [6, 6.07) is 0. The lowest BCUT2D eigenvalue weighted by Crippen LogP contribution is -2.21. The molecule has 16 heavy (non-hydrogen) atoms. The maximum absolute atomic E-state index is 11.6. The van der Waals surface area contributed by atoms with Crippen molar-refractivity contribution in [2.24, 2.45) is 0 Å². The molecule has 0 aliphatic rings. The SMILES string of the molecule is CCn1c(=O)cnc2cnc(N(C)C)nc21. The minimum absolute atomic E-state index is 0.140. The lowest BCUT2D eigenvalue weighted by atomic mass is 10.5. The second kappa shape index (κ2) is 3.88. The summed E-state index contributed by atoms with van der Waals surface area (Å²) >= 11 is 0. The highest BCUT2D eigenvalue weighted by atomic mass is 16.1. The van der Waals surface area contributed by atoms with Crippen molar-refractivity contribution in [2.45, 2.75) is 13.5 Å². The summed E-state index contributed by atoms with van der Waals surface area (Å²) in [5.41, 5.74) is 1.07. The molecule has 84 valence electrons. The summed E-state index contributed by atoms with van der Waals surface area (Å²) in [5.74, 6) is 0.571. The molecule has 0 atom stereocenters. The Hall–Kier alpha value is -1.98. The molecule has 0 radical (unpaired) electrons. The fourth-order valence-corrected chi connectivity index (χ4v) is 1.47. The van der Waals surface area contributed by atoms with Gasteiger partial charge in [-0.15, -0.1) is 0 Å². The Morgan fingerprint density at radius 1 is 1.31 bits per heavy atom. The Labute approximate surface area is 92.6 Å². The summed E-state index contributed by atoms with van der Waals surface area (Å²) in [6.45, 7) is 2.47. The molecule has 0 aliphatic heterocycles. The maximum atomic E-state index is 11.6. The van der Waals surface area contributed by atoms with Crippen LogP contribution in [0.15, 0.2) is 17.2 Å². The van der Waals surface area contributed by atoms with Crippen molar-refractivity contribution >= 4 is 17.1 Å². The maximum Gasteiger partial charge on any atom is 0.270 e. The number of aryl methyl sites for hydroxylation is 1. The first-order valence-electron chi connectivity index (χ1n) is 5.03. The second-order valence-corrected chi connectivity index (χ2v) is 3.61. The molecule has 2 rings (SSSR count). The van der Waals surface area contributed by atoms with Crippen molar-refractivity contribution in [3.63, 3.8) is 0 Å². The van der Waals surface area contributed by atoms with E-state index < -0.39 is 0 Å². The first-order chi connectivity index (χ1) is 7.63. The number of hydrogen-bond acceptors (Lipinski definition) is 5. The molecule has 2 aromatic heterocycles. The van der Waals surface area contributed by atoms with Crippen molar-refractivity contribution in [2.75, 3.05) is 19.0 Å². The van der Waals surface area contributed by atoms with Crippen LogP contribution in [0.3, 0.4) is 0 Å². The minimum atomic E-state index is -0.140. The largest absolute Gasteiger partial charge is 0.347 e. The molecule has 0 spiro atoms. The van der Waals surface area contributed by atoms with Gasteiger partial charge in [0.15, 0.2) is 5.65 Å². The topological polar surface area (TPSA) is 63.9 Å². The molecule has 0 aliphatic carbocycles. The van der Waals surface area contributed by atoms with Crippen molar-refractivity contribution in [3.05, 3.63) is 22.7 Å². The molecule has 0 aromatic carbocycles. The predicted octanol–water partition coefficient (Wildman–Crippen LogP) is 0.272. The standard InChI is InChI=1S/C10H13N5O/c1-4-15-8(16)6-11-7-5-12-10(14(2)3)13-9(7)15/h5-6H,4H2,1-3H3. The van der Waals surface area contributed by atoms with Gasteiger partial charge in [-0.3, -0.25) is 9.36 Å². The summed E-state index contributed by atoms with van der Waals surface area (Å²) in [6.07, 6.45) is 2.92. The predicted molar refractivity (Wildman–Crippen MR) is 61.6 cm³/mol. The highest BCUT2D eigenvalue weighted by Gasteiger charge is 2.07. The minimum Gasteiger partial charge on any atom is -0.347 e. The summed E-state index contributed by atoms with van der Waals surface area (Å²) in [7, 11) is 3.71. The van der Waals surface area contributed by atoms with Crippen molar-refractivity contribution in [3.8, 4) is 0 Å². The van der Waals surface area contributed by atoms with Gasteiger partial charge in [-0.2, -0.15) is 4.98 Å². The quantitative estimate of drug-likeness (QED) is 0.725. The van der Waals surface area contributed by atoms with Crippen LogP contribution in [0.5, 0.6) is 0 Å². The van der Waals surface area contributed by atoms with Gasteiger partial charge in [-0.05, 0) is 6.92 Å². The number of aromatic nitrogens is 4. The normalized spacial score (nSPS) is 10.7. The summed E-state index contributed by atoms with van der Waals surface area (Å²) in [4.78, 5) is 25.8. The number of fused-ring (bicyclic) bond motifs is 1. The molecular weight excluding hydrogens is 206 g/mol. The van der Waals surface area contributed by atoms with E-state index in [-0.39, 0.29) is 5.56 Å². The molecule has 0 N–H and O–H groups in total. The summed E-state index contributed by atoms with van der Waals surface area (Å²) in [5, 5.41) is 0. The molecule has 0 amide bonds. The van der Waals surface area contributed by atoms with Crippen LogP contribution in [-0.4, -0.2) is 33.6 Å². The van der Waals surface area contributed by atoms with Gasteiger partial charge in [0.25, 0.3) is 5.56 Å². The number of rotatable bonds is 2. The van der Waals surface area contributed by atoms with Gasteiger partial charge in [0.2, 0.25) is 5.95 Å². The highest BCUT2D eigenvalue weighted by Crippen LogP contribution is 2.09. The average Bonchev–Trinajstić information content (AvgIpc) is 2.28. The van der Waals surface area contributed by atoms with Crippen LogP contribution in [0.2, 0.25) is 0 Å². The van der Waals surface area contributed by atoms with E-state index in [9.17, 15) is 4.79 Å². The van der Waals surface area contributed by atoms with Crippen LogP contribution in [0.4, 0.5) is 5.95 Å². The third kappa shape index (κ3) is 1.62. The van der Waals surface area contributed by atoms with Crippen LogP contribution in [0.1, 0.15) is 6.92 Å². The number of anilines is 1. The first kappa shape index (κ1) is 10.5. The van der Waals surface area contributed by atoms with Gasteiger partial charge in [0.05, 0.1) is 12.4 Å². The highest BCUT2D eigenvalue weighted by molar-refractivity contribution is 5.70. The third-order valence-corrected chi connectivity index (χ3v) is 2.29. The Morgan fingerprint density at radius 2 is 2.06 bits per heavy atom. The molecule has 6 nitrogen and oxygen atoms in total. The Morgan fingerprint density at radius 3 is 2.69 bits per heavy atom. The van der Waals surface area contributed by atoms with Gasteiger partial charge in [0.1, 0.15) is 5.52 Å². The number of nitrogens with zero attached hydrogens (tertiary/aromatic N) is 5. The van der Waals surface area contributed by atoms with Gasteiger partial charge < -0.3 is 4.90 Å². The van der Waals surface area contributed by atoms with E-state index in [0.29, 0.717) is 23.7 Å². The van der Waals surface area contributed by atoms with Crippen molar-refractivity contribution in [1.82, 2.24) is 19.5 Å². The van der Waals surface area contributed by atoms with Crippen LogP contribution in [0.25, 0.3) is 11.2 Å². The van der Waals surface area contributed by atoms with Gasteiger partial charge >= 0.3 is 0 Å². The van der Waals surface area contributed by atoms with Gasteiger partial charge in [0, 0.05) is 20.6 Å². The van der Waals surface area contributed by atoms with Crippen LogP contribution in [-0.2, 0) is 6.54 Å². The Kier molecular flexibility index (Phi) is 2.55. The average molecular weight is 219 g/mol. The van der Waals surface area contributed by atoms with Crippen molar-refractivity contribution in [1.29, 1.82) is 0 Å². The monoisotopic (exact) mass is 219 g/mol. The summed E-state index contributed by atoms with van der Waals surface area (Å²) < 4.78 is 1.58. The second-order valence-electron chi connectivity index (χ2n) is 3.61.